The van der Waals surface area contributed by atoms with Crippen molar-refractivity contribution >= 4 is 5.91 Å². The van der Waals surface area contributed by atoms with E-state index in [1.165, 1.54) is 6.20 Å². The highest BCUT2D eigenvalue weighted by atomic mass is 16.5. The second-order valence-electron chi connectivity index (χ2n) is 7.45. The highest BCUT2D eigenvalue weighted by molar-refractivity contribution is 5.93. The maximum absolute atomic E-state index is 12.7. The molecule has 146 valence electrons. The van der Waals surface area contributed by atoms with Crippen LogP contribution < -0.4 is 0 Å². The topological polar surface area (TPSA) is 81.1 Å². The van der Waals surface area contributed by atoms with Crippen LogP contribution in [0.3, 0.4) is 0 Å². The van der Waals surface area contributed by atoms with Crippen LogP contribution in [0.15, 0.2) is 55.0 Å². The van der Waals surface area contributed by atoms with Gasteiger partial charge in [-0.2, -0.15) is 10.2 Å². The molecule has 7 heteroatoms. The lowest BCUT2D eigenvalue weighted by Crippen LogP contribution is -2.49. The maximum Gasteiger partial charge on any atom is 0.255 e. The highest BCUT2D eigenvalue weighted by Gasteiger charge is 2.43. The van der Waals surface area contributed by atoms with Crippen molar-refractivity contribution in [2.75, 3.05) is 19.7 Å². The fraction of sp³-hybridized carbons (Fsp3) is 0.318. The van der Waals surface area contributed by atoms with Gasteiger partial charge in [0, 0.05) is 24.8 Å². The molecule has 4 heterocycles. The average molecular weight is 387 g/mol. The Morgan fingerprint density at radius 3 is 2.62 bits per heavy atom. The lowest BCUT2D eigenvalue weighted by Gasteiger charge is -2.44. The molecule has 3 aromatic rings. The Balaban J connectivity index is 1.41. The Bertz CT molecular complexity index is 1020. The number of rotatable bonds is 2. The van der Waals surface area contributed by atoms with Crippen molar-refractivity contribution < 1.29 is 9.53 Å². The van der Waals surface area contributed by atoms with E-state index >= 15 is 0 Å². The molecule has 1 fully saturated rings. The Labute approximate surface area is 168 Å². The fourth-order valence-electron chi connectivity index (χ4n) is 4.19. The van der Waals surface area contributed by atoms with E-state index in [2.05, 4.69) is 15.2 Å². The van der Waals surface area contributed by atoms with E-state index in [4.69, 9.17) is 9.72 Å². The predicted octanol–water partition coefficient (Wildman–Crippen LogP) is 2.64. The predicted molar refractivity (Wildman–Crippen MR) is 106 cm³/mol. The third-order valence-electron chi connectivity index (χ3n) is 5.77. The first-order valence-corrected chi connectivity index (χ1v) is 9.87. The van der Waals surface area contributed by atoms with Gasteiger partial charge < -0.3 is 9.64 Å². The monoisotopic (exact) mass is 387 g/mol. The molecule has 0 unspecified atom stereocenters. The third kappa shape index (κ3) is 3.27. The molecule has 0 radical (unpaired) electrons. The summed E-state index contributed by atoms with van der Waals surface area (Å²) in [6.07, 6.45) is 7.25. The van der Waals surface area contributed by atoms with Crippen molar-refractivity contribution in [3.05, 3.63) is 71.8 Å². The summed E-state index contributed by atoms with van der Waals surface area (Å²) in [5.41, 5.74) is 3.24. The van der Waals surface area contributed by atoms with Crippen LogP contribution >= 0.6 is 0 Å². The molecule has 0 aliphatic carbocycles. The van der Waals surface area contributed by atoms with Gasteiger partial charge in [0.2, 0.25) is 0 Å². The Morgan fingerprint density at radius 2 is 1.86 bits per heavy atom. The van der Waals surface area contributed by atoms with Crippen LogP contribution in [-0.2, 0) is 16.8 Å². The minimum absolute atomic E-state index is 0.0153. The SMILES string of the molecule is O=C(c1ccnnc1)N1CCC2(CC1)OCCc1cnc(-c3ccccc3)nc12. The minimum atomic E-state index is -0.451. The molecular weight excluding hydrogens is 366 g/mol. The van der Waals surface area contributed by atoms with Crippen LogP contribution in [0.4, 0.5) is 0 Å². The maximum atomic E-state index is 12.7. The molecule has 2 aliphatic rings. The second-order valence-corrected chi connectivity index (χ2v) is 7.45. The number of likely N-dealkylation sites (tertiary alicyclic amines) is 1. The molecule has 0 saturated carbocycles. The van der Waals surface area contributed by atoms with Gasteiger partial charge in [0.25, 0.3) is 5.91 Å². The van der Waals surface area contributed by atoms with Crippen molar-refractivity contribution in [3.8, 4) is 11.4 Å². The van der Waals surface area contributed by atoms with Gasteiger partial charge in [-0.25, -0.2) is 9.97 Å². The number of benzene rings is 1. The number of fused-ring (bicyclic) bond motifs is 2. The minimum Gasteiger partial charge on any atom is -0.368 e. The van der Waals surface area contributed by atoms with Gasteiger partial charge in [-0.05, 0) is 30.9 Å². The third-order valence-corrected chi connectivity index (χ3v) is 5.77. The Hall–Kier alpha value is -3.19. The van der Waals surface area contributed by atoms with Crippen molar-refractivity contribution in [1.82, 2.24) is 25.1 Å². The van der Waals surface area contributed by atoms with E-state index in [9.17, 15) is 4.79 Å². The quantitative estimate of drug-likeness (QED) is 0.672. The summed E-state index contributed by atoms with van der Waals surface area (Å²) in [6.45, 7) is 1.89. The van der Waals surface area contributed by atoms with E-state index in [1.54, 1.807) is 12.3 Å². The van der Waals surface area contributed by atoms with E-state index in [-0.39, 0.29) is 5.91 Å². The molecular formula is C22H21N5O2. The summed E-state index contributed by atoms with van der Waals surface area (Å²) in [7, 11) is 0. The molecule has 1 saturated heterocycles. The summed E-state index contributed by atoms with van der Waals surface area (Å²) >= 11 is 0. The number of carbonyl (C=O) groups excluding carboxylic acids is 1. The number of amides is 1. The molecule has 29 heavy (non-hydrogen) atoms. The van der Waals surface area contributed by atoms with Crippen molar-refractivity contribution in [1.29, 1.82) is 0 Å². The number of piperidine rings is 1. The number of aromatic nitrogens is 4. The molecule has 0 bridgehead atoms. The molecule has 7 nitrogen and oxygen atoms in total. The van der Waals surface area contributed by atoms with Gasteiger partial charge in [0.15, 0.2) is 5.82 Å². The van der Waals surface area contributed by atoms with Gasteiger partial charge >= 0.3 is 0 Å². The molecule has 5 rings (SSSR count). The average Bonchev–Trinajstić information content (AvgIpc) is 2.80. The lowest BCUT2D eigenvalue weighted by molar-refractivity contribution is -0.0967. The van der Waals surface area contributed by atoms with Crippen molar-refractivity contribution in [2.45, 2.75) is 24.9 Å². The first kappa shape index (κ1) is 17.9. The zero-order valence-corrected chi connectivity index (χ0v) is 16.0. The number of hydrogen-bond acceptors (Lipinski definition) is 6. The van der Waals surface area contributed by atoms with Gasteiger partial charge in [-0.1, -0.05) is 30.3 Å². The van der Waals surface area contributed by atoms with Crippen molar-refractivity contribution in [3.63, 3.8) is 0 Å². The summed E-state index contributed by atoms with van der Waals surface area (Å²) in [6, 6.07) is 11.7. The van der Waals surface area contributed by atoms with Crippen LogP contribution in [-0.4, -0.2) is 50.7 Å². The number of ether oxygens (including phenoxy) is 1. The van der Waals surface area contributed by atoms with E-state index in [0.717, 1.165) is 41.9 Å². The van der Waals surface area contributed by atoms with Gasteiger partial charge in [0.1, 0.15) is 5.60 Å². The Kier molecular flexibility index (Phi) is 4.52. The summed E-state index contributed by atoms with van der Waals surface area (Å²) < 4.78 is 6.31. The standard InChI is InChI=1S/C22H21N5O2/c28-21(18-6-10-24-25-15-18)27-11-8-22(9-12-27)19-17(7-13-29-22)14-23-20(26-19)16-4-2-1-3-5-16/h1-6,10,14-15H,7-9,11-13H2. The molecule has 2 aliphatic heterocycles. The van der Waals surface area contributed by atoms with E-state index < -0.39 is 5.60 Å². The summed E-state index contributed by atoms with van der Waals surface area (Å²) in [5.74, 6) is 0.703. The smallest absolute Gasteiger partial charge is 0.255 e. The lowest BCUT2D eigenvalue weighted by atomic mass is 9.83. The number of hydrogen-bond donors (Lipinski definition) is 0. The van der Waals surface area contributed by atoms with Crippen LogP contribution in [0.1, 0.15) is 34.5 Å². The van der Waals surface area contributed by atoms with Gasteiger partial charge in [-0.3, -0.25) is 4.79 Å². The zero-order valence-electron chi connectivity index (χ0n) is 16.0. The first-order valence-electron chi connectivity index (χ1n) is 9.87. The van der Waals surface area contributed by atoms with Crippen LogP contribution in [0.25, 0.3) is 11.4 Å². The molecule has 0 N–H and O–H groups in total. The largest absolute Gasteiger partial charge is 0.368 e. The first-order chi connectivity index (χ1) is 14.3. The normalized spacial score (nSPS) is 17.7. The molecule has 1 aromatic carbocycles. The van der Waals surface area contributed by atoms with Crippen molar-refractivity contribution in [2.24, 2.45) is 0 Å². The van der Waals surface area contributed by atoms with Crippen LogP contribution in [0.2, 0.25) is 0 Å². The van der Waals surface area contributed by atoms with Crippen LogP contribution in [0, 0.1) is 0 Å². The highest BCUT2D eigenvalue weighted by Crippen LogP contribution is 2.41. The number of nitrogens with zero attached hydrogens (tertiary/aromatic N) is 5. The molecule has 1 spiro atoms. The number of carbonyl (C=O) groups is 1. The van der Waals surface area contributed by atoms with Crippen LogP contribution in [0.5, 0.6) is 0 Å². The molecule has 2 aromatic heterocycles. The second kappa shape index (κ2) is 7.33. The fourth-order valence-corrected chi connectivity index (χ4v) is 4.19. The van der Waals surface area contributed by atoms with Gasteiger partial charge in [0.05, 0.1) is 30.3 Å². The van der Waals surface area contributed by atoms with E-state index in [0.29, 0.717) is 25.3 Å². The summed E-state index contributed by atoms with van der Waals surface area (Å²) in [4.78, 5) is 24.1. The zero-order chi connectivity index (χ0) is 19.7. The molecule has 0 atom stereocenters. The van der Waals surface area contributed by atoms with Gasteiger partial charge in [-0.15, -0.1) is 0 Å². The molecule has 1 amide bonds. The van der Waals surface area contributed by atoms with E-state index in [1.807, 2.05) is 41.4 Å². The summed E-state index contributed by atoms with van der Waals surface area (Å²) in [5, 5.41) is 7.56. The Morgan fingerprint density at radius 1 is 1.03 bits per heavy atom.